The highest BCUT2D eigenvalue weighted by molar-refractivity contribution is 14.1. The second kappa shape index (κ2) is 3.38. The molecule has 0 spiro atoms. The monoisotopic (exact) mass is 306 g/mol. The molecular weight excluding hydrogens is 298 g/mol. The molecule has 0 fully saturated rings. The first-order valence-electron chi connectivity index (χ1n) is 4.08. The summed E-state index contributed by atoms with van der Waals surface area (Å²) in [7, 11) is 1.77. The fourth-order valence-corrected chi connectivity index (χ4v) is 1.91. The zero-order chi connectivity index (χ0) is 10.3. The van der Waals surface area contributed by atoms with E-state index in [2.05, 4.69) is 5.32 Å². The Morgan fingerprint density at radius 1 is 1.57 bits per heavy atom. The number of likely N-dealkylation sites (N-methyl/N-ethyl adjacent to an activating group) is 1. The lowest BCUT2D eigenvalue weighted by atomic mass is 10.2. The topological polar surface area (TPSA) is 32.3 Å². The Morgan fingerprint density at radius 2 is 2.29 bits per heavy atom. The van der Waals surface area contributed by atoms with Crippen LogP contribution >= 0.6 is 22.6 Å². The van der Waals surface area contributed by atoms with E-state index in [0.717, 1.165) is 5.69 Å². The minimum absolute atomic E-state index is 0.0672. The molecule has 1 N–H and O–H groups in total. The predicted octanol–water partition coefficient (Wildman–Crippen LogP) is 1.82. The molecule has 5 heteroatoms. The van der Waals surface area contributed by atoms with E-state index in [1.165, 1.54) is 6.07 Å². The first-order chi connectivity index (χ1) is 6.58. The lowest BCUT2D eigenvalue weighted by Crippen LogP contribution is -2.35. The van der Waals surface area contributed by atoms with Crippen molar-refractivity contribution in [2.45, 2.75) is 0 Å². The van der Waals surface area contributed by atoms with Crippen LogP contribution in [0, 0.1) is 9.39 Å². The van der Waals surface area contributed by atoms with E-state index in [1.54, 1.807) is 18.0 Å². The van der Waals surface area contributed by atoms with E-state index in [0.29, 0.717) is 9.26 Å². The molecule has 0 aromatic heterocycles. The molecule has 1 amide bonds. The van der Waals surface area contributed by atoms with Crippen molar-refractivity contribution in [3.8, 4) is 0 Å². The Bertz CT molecular complexity index is 408. The van der Waals surface area contributed by atoms with Crippen molar-refractivity contribution >= 4 is 39.9 Å². The van der Waals surface area contributed by atoms with Crippen molar-refractivity contribution in [2.75, 3.05) is 23.8 Å². The maximum atomic E-state index is 13.2. The quantitative estimate of drug-likeness (QED) is 0.742. The Kier molecular flexibility index (Phi) is 2.34. The van der Waals surface area contributed by atoms with Gasteiger partial charge in [-0.1, -0.05) is 0 Å². The number of rotatable bonds is 0. The molecular formula is C9H8FIN2O. The Morgan fingerprint density at radius 3 is 3.00 bits per heavy atom. The van der Waals surface area contributed by atoms with Gasteiger partial charge in [-0.3, -0.25) is 4.79 Å². The van der Waals surface area contributed by atoms with E-state index in [9.17, 15) is 9.18 Å². The zero-order valence-electron chi connectivity index (χ0n) is 7.47. The molecule has 74 valence electrons. The van der Waals surface area contributed by atoms with Crippen molar-refractivity contribution in [1.29, 1.82) is 0 Å². The third-order valence-electron chi connectivity index (χ3n) is 2.10. The molecule has 3 nitrogen and oxygen atoms in total. The highest BCUT2D eigenvalue weighted by atomic mass is 127. The van der Waals surface area contributed by atoms with Crippen LogP contribution in [0.25, 0.3) is 0 Å². The number of nitrogens with one attached hydrogen (secondary N) is 1. The standard InChI is InChI=1S/C9H8FIN2O/c1-13-4-9(14)12-7-3-6(11)5(10)2-8(7)13/h2-3H,4H2,1H3,(H,12,14). The maximum absolute atomic E-state index is 13.2. The van der Waals surface area contributed by atoms with Gasteiger partial charge in [0.2, 0.25) is 5.91 Å². The van der Waals surface area contributed by atoms with Crippen LogP contribution in [-0.2, 0) is 4.79 Å². The second-order valence-electron chi connectivity index (χ2n) is 3.19. The average molecular weight is 306 g/mol. The number of halogens is 2. The van der Waals surface area contributed by atoms with Gasteiger partial charge in [0.1, 0.15) is 5.82 Å². The first kappa shape index (κ1) is 9.70. The van der Waals surface area contributed by atoms with Crippen LogP contribution < -0.4 is 10.2 Å². The van der Waals surface area contributed by atoms with E-state index < -0.39 is 0 Å². The summed E-state index contributed by atoms with van der Waals surface area (Å²) in [5.74, 6) is -0.324. The van der Waals surface area contributed by atoms with Gasteiger partial charge < -0.3 is 10.2 Å². The molecule has 1 aliphatic heterocycles. The molecule has 0 atom stereocenters. The molecule has 0 saturated heterocycles. The molecule has 14 heavy (non-hydrogen) atoms. The molecule has 1 aromatic carbocycles. The summed E-state index contributed by atoms with van der Waals surface area (Å²) < 4.78 is 13.7. The van der Waals surface area contributed by atoms with Crippen LogP contribution in [0.15, 0.2) is 12.1 Å². The normalized spacial score (nSPS) is 15.1. The molecule has 0 bridgehead atoms. The molecule has 2 rings (SSSR count). The first-order valence-corrected chi connectivity index (χ1v) is 5.16. The van der Waals surface area contributed by atoms with Gasteiger partial charge in [0.25, 0.3) is 0 Å². The highest BCUT2D eigenvalue weighted by Gasteiger charge is 2.20. The highest BCUT2D eigenvalue weighted by Crippen LogP contribution is 2.31. The van der Waals surface area contributed by atoms with Gasteiger partial charge in [0.05, 0.1) is 21.5 Å². The van der Waals surface area contributed by atoms with Gasteiger partial charge in [0.15, 0.2) is 0 Å². The van der Waals surface area contributed by atoms with E-state index >= 15 is 0 Å². The van der Waals surface area contributed by atoms with Gasteiger partial charge in [-0.25, -0.2) is 4.39 Å². The number of hydrogen-bond acceptors (Lipinski definition) is 2. The van der Waals surface area contributed by atoms with Crippen LogP contribution in [0.4, 0.5) is 15.8 Å². The van der Waals surface area contributed by atoms with Crippen LogP contribution in [0.2, 0.25) is 0 Å². The van der Waals surface area contributed by atoms with Crippen molar-refractivity contribution in [3.05, 3.63) is 21.5 Å². The van der Waals surface area contributed by atoms with Gasteiger partial charge >= 0.3 is 0 Å². The average Bonchev–Trinajstić information content (AvgIpc) is 2.08. The third-order valence-corrected chi connectivity index (χ3v) is 2.93. The number of carbonyl (C=O) groups excluding carboxylic acids is 1. The van der Waals surface area contributed by atoms with Crippen LogP contribution in [0.3, 0.4) is 0 Å². The maximum Gasteiger partial charge on any atom is 0.243 e. The fraction of sp³-hybridized carbons (Fsp3) is 0.222. The Hall–Kier alpha value is -0.850. The smallest absolute Gasteiger partial charge is 0.243 e. The van der Waals surface area contributed by atoms with Gasteiger partial charge in [-0.05, 0) is 28.7 Å². The van der Waals surface area contributed by atoms with Gasteiger partial charge in [0, 0.05) is 13.1 Å². The van der Waals surface area contributed by atoms with Gasteiger partial charge in [-0.2, -0.15) is 0 Å². The summed E-state index contributed by atoms with van der Waals surface area (Å²) in [6, 6.07) is 3.08. The molecule has 0 radical (unpaired) electrons. The Labute approximate surface area is 94.4 Å². The van der Waals surface area contributed by atoms with Crippen LogP contribution in [-0.4, -0.2) is 19.5 Å². The van der Waals surface area contributed by atoms with E-state index in [4.69, 9.17) is 0 Å². The number of amides is 1. The van der Waals surface area contributed by atoms with Crippen molar-refractivity contribution in [1.82, 2.24) is 0 Å². The number of anilines is 2. The fourth-order valence-electron chi connectivity index (χ4n) is 1.44. The largest absolute Gasteiger partial charge is 0.364 e. The minimum atomic E-state index is -0.257. The van der Waals surface area contributed by atoms with Crippen LogP contribution in [0.1, 0.15) is 0 Å². The van der Waals surface area contributed by atoms with Crippen molar-refractivity contribution in [2.24, 2.45) is 0 Å². The number of fused-ring (bicyclic) bond motifs is 1. The summed E-state index contributed by atoms with van der Waals surface area (Å²) in [4.78, 5) is 12.9. The summed E-state index contributed by atoms with van der Waals surface area (Å²) in [5, 5.41) is 2.71. The van der Waals surface area contributed by atoms with E-state index in [-0.39, 0.29) is 18.3 Å². The van der Waals surface area contributed by atoms with E-state index in [1.807, 2.05) is 22.6 Å². The van der Waals surface area contributed by atoms with Gasteiger partial charge in [-0.15, -0.1) is 0 Å². The van der Waals surface area contributed by atoms with Crippen molar-refractivity contribution in [3.63, 3.8) is 0 Å². The lowest BCUT2D eigenvalue weighted by molar-refractivity contribution is -0.115. The van der Waals surface area contributed by atoms with Crippen LogP contribution in [0.5, 0.6) is 0 Å². The summed E-state index contributed by atoms with van der Waals surface area (Å²) >= 11 is 1.90. The number of nitrogens with zero attached hydrogens (tertiary/aromatic N) is 1. The lowest BCUT2D eigenvalue weighted by Gasteiger charge is -2.27. The number of carbonyl (C=O) groups is 1. The Balaban J connectivity index is 2.54. The SMILES string of the molecule is CN1CC(=O)Nc2cc(I)c(F)cc21. The summed E-state index contributed by atoms with van der Waals surface area (Å²) in [6.07, 6.45) is 0. The number of benzene rings is 1. The predicted molar refractivity (Wildman–Crippen MR) is 61.0 cm³/mol. The molecule has 0 saturated carbocycles. The molecule has 0 aliphatic carbocycles. The van der Waals surface area contributed by atoms with Crippen molar-refractivity contribution < 1.29 is 9.18 Å². The number of hydrogen-bond donors (Lipinski definition) is 1. The minimum Gasteiger partial charge on any atom is -0.364 e. The second-order valence-corrected chi connectivity index (χ2v) is 4.35. The third kappa shape index (κ3) is 1.56. The molecule has 0 unspecified atom stereocenters. The molecule has 1 aliphatic rings. The molecule has 1 heterocycles. The summed E-state index contributed by atoms with van der Waals surface area (Å²) in [6.45, 7) is 0.271. The zero-order valence-corrected chi connectivity index (χ0v) is 9.63. The molecule has 1 aromatic rings. The summed E-state index contributed by atoms with van der Waals surface area (Å²) in [5.41, 5.74) is 1.40.